The van der Waals surface area contributed by atoms with Crippen molar-refractivity contribution in [1.29, 1.82) is 0 Å². The highest BCUT2D eigenvalue weighted by Crippen LogP contribution is 2.30. The summed E-state index contributed by atoms with van der Waals surface area (Å²) in [5.74, 6) is 0.0884. The first-order valence-corrected chi connectivity index (χ1v) is 4.77. The fraction of sp³-hybridized carbons (Fsp3) is 0.273. The van der Waals surface area contributed by atoms with Crippen molar-refractivity contribution in [2.24, 2.45) is 0 Å². The third-order valence-electron chi connectivity index (χ3n) is 2.38. The first-order chi connectivity index (χ1) is 6.27. The molecule has 0 saturated carbocycles. The Balaban J connectivity index is 2.30. The predicted molar refractivity (Wildman–Crippen MR) is 52.5 cm³/mol. The Hall–Kier alpha value is -0.820. The molecule has 0 fully saturated rings. The van der Waals surface area contributed by atoms with Crippen LogP contribution in [0.15, 0.2) is 30.4 Å². The molecule has 1 atom stereocenters. The topological polar surface area (TPSA) is 0 Å². The molecule has 0 saturated heterocycles. The minimum absolute atomic E-state index is 0.220. The van der Waals surface area contributed by atoms with Crippen LogP contribution in [-0.4, -0.2) is 0 Å². The van der Waals surface area contributed by atoms with Crippen LogP contribution in [0.3, 0.4) is 0 Å². The van der Waals surface area contributed by atoms with Crippen molar-refractivity contribution in [2.45, 2.75) is 18.8 Å². The van der Waals surface area contributed by atoms with Crippen LogP contribution in [-0.2, 0) is 0 Å². The molecule has 1 aliphatic rings. The summed E-state index contributed by atoms with van der Waals surface area (Å²) in [5.41, 5.74) is 1.11. The lowest BCUT2D eigenvalue weighted by molar-refractivity contribution is 0.626. The normalized spacial score (nSPS) is 20.9. The molecule has 1 aromatic rings. The summed E-state index contributed by atoms with van der Waals surface area (Å²) >= 11 is 5.69. The van der Waals surface area contributed by atoms with Crippen molar-refractivity contribution in [2.75, 3.05) is 0 Å². The Kier molecular flexibility index (Phi) is 2.36. The maximum absolute atomic E-state index is 12.8. The number of hydrogen-bond acceptors (Lipinski definition) is 0. The number of halogens is 2. The number of hydrogen-bond donors (Lipinski definition) is 0. The van der Waals surface area contributed by atoms with Crippen molar-refractivity contribution in [3.63, 3.8) is 0 Å². The van der Waals surface area contributed by atoms with Gasteiger partial charge in [0.25, 0.3) is 0 Å². The fourth-order valence-electron chi connectivity index (χ4n) is 1.65. The van der Waals surface area contributed by atoms with E-state index in [-0.39, 0.29) is 10.8 Å². The van der Waals surface area contributed by atoms with Gasteiger partial charge in [-0.05, 0) is 30.5 Å². The van der Waals surface area contributed by atoms with Gasteiger partial charge in [-0.25, -0.2) is 4.39 Å². The molecule has 0 nitrogen and oxygen atoms in total. The van der Waals surface area contributed by atoms with Crippen molar-refractivity contribution >= 4 is 11.6 Å². The minimum atomic E-state index is -0.340. The number of rotatable bonds is 1. The quantitative estimate of drug-likeness (QED) is 0.598. The lowest BCUT2D eigenvalue weighted by Crippen LogP contribution is -1.91. The first-order valence-electron chi connectivity index (χ1n) is 4.39. The van der Waals surface area contributed by atoms with Crippen LogP contribution in [0.1, 0.15) is 24.3 Å². The molecule has 0 bridgehead atoms. The molecule has 1 unspecified atom stereocenters. The van der Waals surface area contributed by atoms with Crippen molar-refractivity contribution < 1.29 is 4.39 Å². The highest BCUT2D eigenvalue weighted by atomic mass is 35.5. The van der Waals surface area contributed by atoms with Crippen LogP contribution in [0, 0.1) is 5.82 Å². The van der Waals surface area contributed by atoms with E-state index >= 15 is 0 Å². The Bertz CT molecular complexity index is 344. The first kappa shape index (κ1) is 8.76. The summed E-state index contributed by atoms with van der Waals surface area (Å²) in [5, 5.41) is 0.220. The van der Waals surface area contributed by atoms with Crippen LogP contribution in [0.2, 0.25) is 5.02 Å². The van der Waals surface area contributed by atoms with Crippen molar-refractivity contribution in [3.8, 4) is 0 Å². The molecule has 0 amide bonds. The monoisotopic (exact) mass is 196 g/mol. The summed E-state index contributed by atoms with van der Waals surface area (Å²) in [6, 6.07) is 4.96. The molecule has 2 heteroatoms. The van der Waals surface area contributed by atoms with Crippen LogP contribution >= 0.6 is 11.6 Å². The lowest BCUT2D eigenvalue weighted by Gasteiger charge is -2.08. The van der Waals surface area contributed by atoms with E-state index in [1.54, 1.807) is 6.07 Å². The van der Waals surface area contributed by atoms with Crippen LogP contribution in [0.4, 0.5) is 4.39 Å². The molecule has 68 valence electrons. The van der Waals surface area contributed by atoms with Crippen LogP contribution < -0.4 is 0 Å². The van der Waals surface area contributed by atoms with Crippen LogP contribution in [0.5, 0.6) is 0 Å². The average molecular weight is 197 g/mol. The standard InChI is InChI=1S/C11H10ClF/c12-10-7-9(5-6-11(10)13)8-3-1-2-4-8/h1,3,5-8H,2,4H2. The van der Waals surface area contributed by atoms with Gasteiger partial charge in [-0.15, -0.1) is 0 Å². The molecular formula is C11H10ClF. The van der Waals surface area contributed by atoms with Crippen molar-refractivity contribution in [1.82, 2.24) is 0 Å². The van der Waals surface area contributed by atoms with Gasteiger partial charge in [-0.1, -0.05) is 29.8 Å². The van der Waals surface area contributed by atoms with Gasteiger partial charge in [0, 0.05) is 5.92 Å². The minimum Gasteiger partial charge on any atom is -0.205 e. The third kappa shape index (κ3) is 1.75. The number of allylic oxidation sites excluding steroid dienone is 2. The van der Waals surface area contributed by atoms with E-state index in [0.29, 0.717) is 5.92 Å². The van der Waals surface area contributed by atoms with Gasteiger partial charge < -0.3 is 0 Å². The summed E-state index contributed by atoms with van der Waals surface area (Å²) in [4.78, 5) is 0. The smallest absolute Gasteiger partial charge is 0.141 e. The molecule has 0 heterocycles. The second-order valence-electron chi connectivity index (χ2n) is 3.29. The second kappa shape index (κ2) is 3.51. The molecule has 2 rings (SSSR count). The average Bonchev–Trinajstić information content (AvgIpc) is 2.62. The summed E-state index contributed by atoms with van der Waals surface area (Å²) in [6.45, 7) is 0. The predicted octanol–water partition coefficient (Wildman–Crippen LogP) is 3.91. The molecule has 0 aromatic heterocycles. The largest absolute Gasteiger partial charge is 0.205 e. The second-order valence-corrected chi connectivity index (χ2v) is 3.69. The maximum atomic E-state index is 12.8. The number of benzene rings is 1. The van der Waals surface area contributed by atoms with Gasteiger partial charge in [0.05, 0.1) is 5.02 Å². The van der Waals surface area contributed by atoms with Gasteiger partial charge in [0.2, 0.25) is 0 Å². The molecule has 1 aliphatic carbocycles. The zero-order chi connectivity index (χ0) is 9.26. The van der Waals surface area contributed by atoms with Gasteiger partial charge >= 0.3 is 0 Å². The van der Waals surface area contributed by atoms with E-state index < -0.39 is 0 Å². The van der Waals surface area contributed by atoms with E-state index in [4.69, 9.17) is 11.6 Å². The summed E-state index contributed by atoms with van der Waals surface area (Å²) < 4.78 is 12.8. The van der Waals surface area contributed by atoms with E-state index in [2.05, 4.69) is 12.2 Å². The van der Waals surface area contributed by atoms with Crippen LogP contribution in [0.25, 0.3) is 0 Å². The zero-order valence-electron chi connectivity index (χ0n) is 7.13. The summed E-state index contributed by atoms with van der Waals surface area (Å²) in [7, 11) is 0. The Morgan fingerprint density at radius 1 is 1.38 bits per heavy atom. The Labute approximate surface area is 82.0 Å². The van der Waals surface area contributed by atoms with E-state index in [1.165, 1.54) is 6.07 Å². The molecule has 1 aromatic carbocycles. The van der Waals surface area contributed by atoms with Gasteiger partial charge in [-0.3, -0.25) is 0 Å². The van der Waals surface area contributed by atoms with Gasteiger partial charge in [0.15, 0.2) is 0 Å². The summed E-state index contributed by atoms with van der Waals surface area (Å²) in [6.07, 6.45) is 6.53. The maximum Gasteiger partial charge on any atom is 0.141 e. The highest BCUT2D eigenvalue weighted by molar-refractivity contribution is 6.30. The molecule has 0 radical (unpaired) electrons. The Morgan fingerprint density at radius 2 is 2.23 bits per heavy atom. The third-order valence-corrected chi connectivity index (χ3v) is 2.67. The SMILES string of the molecule is Fc1ccc(C2C=CCC2)cc1Cl. The Morgan fingerprint density at radius 3 is 2.85 bits per heavy atom. The van der Waals surface area contributed by atoms with Gasteiger partial charge in [-0.2, -0.15) is 0 Å². The molecule has 0 N–H and O–H groups in total. The van der Waals surface area contributed by atoms with E-state index in [0.717, 1.165) is 18.4 Å². The highest BCUT2D eigenvalue weighted by Gasteiger charge is 2.12. The van der Waals surface area contributed by atoms with Crippen molar-refractivity contribution in [3.05, 3.63) is 46.8 Å². The fourth-order valence-corrected chi connectivity index (χ4v) is 1.84. The van der Waals surface area contributed by atoms with E-state index in [9.17, 15) is 4.39 Å². The zero-order valence-corrected chi connectivity index (χ0v) is 7.89. The lowest BCUT2D eigenvalue weighted by atomic mass is 9.99. The molecule has 0 aliphatic heterocycles. The molecule has 0 spiro atoms. The molecule has 13 heavy (non-hydrogen) atoms. The molecular weight excluding hydrogens is 187 g/mol. The van der Waals surface area contributed by atoms with E-state index in [1.807, 2.05) is 6.07 Å². The van der Waals surface area contributed by atoms with Gasteiger partial charge in [0.1, 0.15) is 5.82 Å².